The molecule has 1 amide bonds. The Kier molecular flexibility index (Phi) is 2.97. The smallest absolute Gasteiger partial charge is 0.228 e. The normalized spacial score (nSPS) is 15.8. The number of aryl methyl sites for hydroxylation is 1. The molecule has 0 fully saturated rings. The van der Waals surface area contributed by atoms with Crippen molar-refractivity contribution in [2.45, 2.75) is 39.2 Å². The molecule has 3 nitrogen and oxygen atoms in total. The van der Waals surface area contributed by atoms with E-state index in [0.717, 1.165) is 28.8 Å². The Morgan fingerprint density at radius 2 is 2.19 bits per heavy atom. The van der Waals surface area contributed by atoms with Crippen molar-refractivity contribution in [1.82, 2.24) is 0 Å². The number of carbonyl (C=O) groups is 1. The lowest BCUT2D eigenvalue weighted by Gasteiger charge is -2.13. The summed E-state index contributed by atoms with van der Waals surface area (Å²) in [4.78, 5) is 11.3. The maximum atomic E-state index is 11.3. The molecule has 1 unspecified atom stereocenters. The number of aliphatic hydroxyl groups excluding tert-OH is 1. The summed E-state index contributed by atoms with van der Waals surface area (Å²) >= 11 is 0. The summed E-state index contributed by atoms with van der Waals surface area (Å²) in [5.41, 5.74) is 4.02. The summed E-state index contributed by atoms with van der Waals surface area (Å²) in [6, 6.07) is 3.94. The molecule has 0 spiro atoms. The predicted octanol–water partition coefficient (Wildman–Crippen LogP) is 2.19. The zero-order valence-corrected chi connectivity index (χ0v) is 9.71. The summed E-state index contributed by atoms with van der Waals surface area (Å²) in [5, 5.41) is 12.7. The van der Waals surface area contributed by atoms with Crippen molar-refractivity contribution in [3.05, 3.63) is 28.8 Å². The average molecular weight is 219 g/mol. The van der Waals surface area contributed by atoms with Gasteiger partial charge in [0.05, 0.1) is 12.5 Å². The van der Waals surface area contributed by atoms with Gasteiger partial charge in [0, 0.05) is 5.69 Å². The maximum Gasteiger partial charge on any atom is 0.228 e. The highest BCUT2D eigenvalue weighted by molar-refractivity contribution is 6.00. The van der Waals surface area contributed by atoms with E-state index in [0.29, 0.717) is 12.8 Å². The van der Waals surface area contributed by atoms with E-state index in [1.807, 2.05) is 19.1 Å². The van der Waals surface area contributed by atoms with Crippen LogP contribution in [0.15, 0.2) is 12.1 Å². The number of hydrogen-bond acceptors (Lipinski definition) is 2. The van der Waals surface area contributed by atoms with E-state index in [1.165, 1.54) is 0 Å². The molecule has 3 heteroatoms. The Morgan fingerprint density at radius 3 is 2.81 bits per heavy atom. The van der Waals surface area contributed by atoms with Crippen LogP contribution < -0.4 is 5.32 Å². The Labute approximate surface area is 95.5 Å². The van der Waals surface area contributed by atoms with Crippen LogP contribution in [0.1, 0.15) is 43.1 Å². The van der Waals surface area contributed by atoms with Gasteiger partial charge in [0.15, 0.2) is 0 Å². The Balaban J connectivity index is 2.46. The number of hydrogen-bond donors (Lipinski definition) is 2. The van der Waals surface area contributed by atoms with Crippen molar-refractivity contribution in [2.75, 3.05) is 5.32 Å². The lowest BCUT2D eigenvalue weighted by molar-refractivity contribution is -0.115. The molecule has 1 heterocycles. The average Bonchev–Trinajstić information content (AvgIpc) is 2.66. The van der Waals surface area contributed by atoms with E-state index in [-0.39, 0.29) is 5.91 Å². The Bertz CT molecular complexity index is 426. The Hall–Kier alpha value is -1.35. The molecule has 1 atom stereocenters. The maximum absolute atomic E-state index is 11.3. The van der Waals surface area contributed by atoms with Crippen molar-refractivity contribution < 1.29 is 9.90 Å². The van der Waals surface area contributed by atoms with Crippen LogP contribution in [0.5, 0.6) is 0 Å². The van der Waals surface area contributed by atoms with Gasteiger partial charge in [-0.25, -0.2) is 0 Å². The number of carbonyl (C=O) groups excluding carboxylic acids is 1. The summed E-state index contributed by atoms with van der Waals surface area (Å²) in [6.07, 6.45) is 1.58. The number of benzene rings is 1. The van der Waals surface area contributed by atoms with E-state index < -0.39 is 6.10 Å². The lowest BCUT2D eigenvalue weighted by atomic mass is 9.97. The molecule has 0 saturated heterocycles. The quantitative estimate of drug-likeness (QED) is 0.818. The van der Waals surface area contributed by atoms with Gasteiger partial charge in [0.2, 0.25) is 5.91 Å². The highest BCUT2D eigenvalue weighted by atomic mass is 16.3. The van der Waals surface area contributed by atoms with Crippen LogP contribution in [0.2, 0.25) is 0 Å². The van der Waals surface area contributed by atoms with Crippen molar-refractivity contribution in [2.24, 2.45) is 0 Å². The molecule has 0 radical (unpaired) electrons. The summed E-state index contributed by atoms with van der Waals surface area (Å²) in [6.45, 7) is 4.01. The molecular weight excluding hydrogens is 202 g/mol. The second-order valence-electron chi connectivity index (χ2n) is 4.22. The Morgan fingerprint density at radius 1 is 1.44 bits per heavy atom. The van der Waals surface area contributed by atoms with Gasteiger partial charge in [-0.1, -0.05) is 26.0 Å². The van der Waals surface area contributed by atoms with Gasteiger partial charge < -0.3 is 10.4 Å². The van der Waals surface area contributed by atoms with Gasteiger partial charge in [0.1, 0.15) is 0 Å². The minimum absolute atomic E-state index is 0.0489. The molecule has 1 aromatic rings. The van der Waals surface area contributed by atoms with Gasteiger partial charge in [-0.05, 0) is 29.5 Å². The third kappa shape index (κ3) is 1.83. The zero-order chi connectivity index (χ0) is 11.7. The highest BCUT2D eigenvalue weighted by Crippen LogP contribution is 2.31. The van der Waals surface area contributed by atoms with Gasteiger partial charge in [-0.3, -0.25) is 4.79 Å². The first-order valence-electron chi connectivity index (χ1n) is 5.79. The molecule has 0 saturated carbocycles. The van der Waals surface area contributed by atoms with Crippen molar-refractivity contribution in [3.63, 3.8) is 0 Å². The number of anilines is 1. The highest BCUT2D eigenvalue weighted by Gasteiger charge is 2.22. The first-order chi connectivity index (χ1) is 7.65. The van der Waals surface area contributed by atoms with Gasteiger partial charge >= 0.3 is 0 Å². The number of amides is 1. The van der Waals surface area contributed by atoms with Crippen LogP contribution in [0.4, 0.5) is 5.69 Å². The summed E-state index contributed by atoms with van der Waals surface area (Å²) in [7, 11) is 0. The molecule has 1 aliphatic heterocycles. The van der Waals surface area contributed by atoms with Crippen molar-refractivity contribution >= 4 is 11.6 Å². The van der Waals surface area contributed by atoms with E-state index >= 15 is 0 Å². The number of rotatable bonds is 3. The fourth-order valence-corrected chi connectivity index (χ4v) is 2.16. The van der Waals surface area contributed by atoms with Crippen LogP contribution in [-0.2, 0) is 17.6 Å². The van der Waals surface area contributed by atoms with Gasteiger partial charge in [-0.2, -0.15) is 0 Å². The van der Waals surface area contributed by atoms with Crippen LogP contribution in [0, 0.1) is 0 Å². The van der Waals surface area contributed by atoms with Crippen LogP contribution in [-0.4, -0.2) is 11.0 Å². The molecule has 0 aromatic heterocycles. The van der Waals surface area contributed by atoms with E-state index in [1.54, 1.807) is 0 Å². The van der Waals surface area contributed by atoms with Crippen LogP contribution in [0.3, 0.4) is 0 Å². The minimum atomic E-state index is -0.425. The van der Waals surface area contributed by atoms with Crippen LogP contribution >= 0.6 is 0 Å². The van der Waals surface area contributed by atoms with Crippen LogP contribution in [0.25, 0.3) is 0 Å². The predicted molar refractivity (Wildman–Crippen MR) is 63.4 cm³/mol. The fraction of sp³-hybridized carbons (Fsp3) is 0.462. The third-order valence-corrected chi connectivity index (χ3v) is 3.09. The topological polar surface area (TPSA) is 49.3 Å². The second kappa shape index (κ2) is 4.26. The molecule has 16 heavy (non-hydrogen) atoms. The zero-order valence-electron chi connectivity index (χ0n) is 9.71. The molecule has 2 rings (SSSR count). The third-order valence-electron chi connectivity index (χ3n) is 3.09. The van der Waals surface area contributed by atoms with Gasteiger partial charge in [-0.15, -0.1) is 0 Å². The monoisotopic (exact) mass is 219 g/mol. The number of fused-ring (bicyclic) bond motifs is 1. The SMILES string of the molecule is CCc1cc(C(O)CC)cc2c1NC(=O)C2. The second-order valence-corrected chi connectivity index (χ2v) is 4.22. The van der Waals surface area contributed by atoms with E-state index in [9.17, 15) is 9.90 Å². The first-order valence-corrected chi connectivity index (χ1v) is 5.79. The molecular formula is C13H17NO2. The molecule has 2 N–H and O–H groups in total. The van der Waals surface area contributed by atoms with Crippen molar-refractivity contribution in [1.29, 1.82) is 0 Å². The van der Waals surface area contributed by atoms with Crippen molar-refractivity contribution in [3.8, 4) is 0 Å². The van der Waals surface area contributed by atoms with Gasteiger partial charge in [0.25, 0.3) is 0 Å². The standard InChI is InChI=1S/C13H17NO2/c1-3-8-5-9(11(15)4-2)6-10-7-12(16)14-13(8)10/h5-6,11,15H,3-4,7H2,1-2H3,(H,14,16). The number of aliphatic hydroxyl groups is 1. The number of nitrogens with one attached hydrogen (secondary N) is 1. The molecule has 0 aliphatic carbocycles. The fourth-order valence-electron chi connectivity index (χ4n) is 2.16. The molecule has 1 aliphatic rings. The molecule has 86 valence electrons. The lowest BCUT2D eigenvalue weighted by Crippen LogP contribution is -2.05. The van der Waals surface area contributed by atoms with E-state index in [2.05, 4.69) is 12.2 Å². The van der Waals surface area contributed by atoms with E-state index in [4.69, 9.17) is 0 Å². The molecule has 1 aromatic carbocycles. The molecule has 0 bridgehead atoms. The minimum Gasteiger partial charge on any atom is -0.388 e. The summed E-state index contributed by atoms with van der Waals surface area (Å²) < 4.78 is 0. The largest absolute Gasteiger partial charge is 0.388 e. The first kappa shape index (κ1) is 11.1. The summed E-state index contributed by atoms with van der Waals surface area (Å²) in [5.74, 6) is 0.0489.